The van der Waals surface area contributed by atoms with Crippen LogP contribution in [0.3, 0.4) is 0 Å². The highest BCUT2D eigenvalue weighted by Gasteiger charge is 2.44. The average molecular weight is 668 g/mol. The molecule has 11 heteroatoms. The van der Waals surface area contributed by atoms with Crippen LogP contribution in [0.25, 0.3) is 50.9 Å². The van der Waals surface area contributed by atoms with Gasteiger partial charge in [-0.05, 0) is 105 Å². The van der Waals surface area contributed by atoms with Gasteiger partial charge in [0.05, 0.1) is 29.4 Å². The number of aryl methyl sites for hydroxylation is 3. The fraction of sp³-hybridized carbons (Fsp3) is 0.395. The predicted molar refractivity (Wildman–Crippen MR) is 192 cm³/mol. The van der Waals surface area contributed by atoms with Crippen LogP contribution in [-0.2, 0) is 16.0 Å². The summed E-state index contributed by atoms with van der Waals surface area (Å²) in [5, 5.41) is 43.2. The van der Waals surface area contributed by atoms with Crippen molar-refractivity contribution in [2.24, 2.45) is 0 Å². The number of rotatable bonds is 7. The summed E-state index contributed by atoms with van der Waals surface area (Å²) in [4.78, 5) is 30.6. The number of nitrogens with zero attached hydrogens (tertiary/aromatic N) is 2. The first-order valence-corrected chi connectivity index (χ1v) is 16.7. The van der Waals surface area contributed by atoms with Gasteiger partial charge in [0.2, 0.25) is 5.91 Å². The molecule has 7 N–H and O–H groups in total. The standard InChI is InChI=1S/C38H45N5O6/c1-8-22-19(5)28-15-31-23(9-2)18(4)27(40-31)14-29-20(6)24(10-11-33(45)43-35-37(47)36(46)32(16-44)49-38(35)48)34(42-29)21(7)26-12-17(3)25(39-26)13-30(22)41-28/h9,12-15,32,35-38,40-41,44,46-48H,2,8,10-11,16H2,1,3-7H3,(H,43,45)/t32-,35-,36-,37-,38?/m1/s1. The molecule has 6 heterocycles. The molecule has 0 radical (unpaired) electrons. The number of carbonyl (C=O) groups excluding carboxylic acids is 1. The van der Waals surface area contributed by atoms with Crippen molar-refractivity contribution in [2.45, 2.75) is 91.4 Å². The maximum Gasteiger partial charge on any atom is 0.220 e. The first kappa shape index (κ1) is 34.5. The maximum atomic E-state index is 13.2. The van der Waals surface area contributed by atoms with Crippen LogP contribution in [0.1, 0.15) is 84.2 Å². The Morgan fingerprint density at radius 1 is 0.939 bits per heavy atom. The molecule has 8 bridgehead atoms. The zero-order valence-electron chi connectivity index (χ0n) is 28.8. The van der Waals surface area contributed by atoms with Gasteiger partial charge in [0, 0.05) is 39.6 Å². The van der Waals surface area contributed by atoms with Crippen LogP contribution in [0.2, 0.25) is 0 Å². The van der Waals surface area contributed by atoms with E-state index < -0.39 is 43.2 Å². The van der Waals surface area contributed by atoms with Crippen molar-refractivity contribution in [2.75, 3.05) is 6.61 Å². The van der Waals surface area contributed by atoms with Crippen LogP contribution in [-0.4, -0.2) is 83.5 Å². The quantitative estimate of drug-likeness (QED) is 0.191. The lowest BCUT2D eigenvalue weighted by molar-refractivity contribution is -0.253. The second-order valence-corrected chi connectivity index (χ2v) is 13.1. The van der Waals surface area contributed by atoms with E-state index in [1.807, 2.05) is 32.9 Å². The molecule has 0 aromatic carbocycles. The van der Waals surface area contributed by atoms with Gasteiger partial charge in [-0.1, -0.05) is 19.6 Å². The molecule has 11 nitrogen and oxygen atoms in total. The average Bonchev–Trinajstić information content (AvgIpc) is 3.78. The molecule has 6 rings (SSSR count). The van der Waals surface area contributed by atoms with E-state index in [2.05, 4.69) is 60.8 Å². The Kier molecular flexibility index (Phi) is 9.49. The lowest BCUT2D eigenvalue weighted by Crippen LogP contribution is -2.64. The normalized spacial score (nSPS) is 22.3. The summed E-state index contributed by atoms with van der Waals surface area (Å²) >= 11 is 0. The Labute approximate surface area is 285 Å². The number of hydrogen-bond acceptors (Lipinski definition) is 8. The van der Waals surface area contributed by atoms with Crippen molar-refractivity contribution >= 4 is 56.8 Å². The van der Waals surface area contributed by atoms with Crippen LogP contribution in [0.4, 0.5) is 0 Å². The minimum Gasteiger partial charge on any atom is -0.394 e. The second kappa shape index (κ2) is 13.5. The van der Waals surface area contributed by atoms with Gasteiger partial charge in [0.1, 0.15) is 24.4 Å². The van der Waals surface area contributed by atoms with Crippen molar-refractivity contribution in [1.29, 1.82) is 0 Å². The number of hydrogen-bond donors (Lipinski definition) is 7. The van der Waals surface area contributed by atoms with Gasteiger partial charge in [-0.25, -0.2) is 9.97 Å². The number of H-pyrrole nitrogens is 2. The summed E-state index contributed by atoms with van der Waals surface area (Å²) in [7, 11) is 0. The van der Waals surface area contributed by atoms with Gasteiger partial charge in [0.15, 0.2) is 6.29 Å². The molecule has 5 atom stereocenters. The molecule has 3 aromatic rings. The number of aromatic nitrogens is 4. The number of aliphatic hydroxyl groups excluding tert-OH is 4. The summed E-state index contributed by atoms with van der Waals surface area (Å²) in [5.74, 6) is -0.447. The van der Waals surface area contributed by atoms with E-state index in [0.717, 1.165) is 84.7 Å². The smallest absolute Gasteiger partial charge is 0.220 e. The number of carbonyl (C=O) groups is 1. The van der Waals surface area contributed by atoms with Crippen molar-refractivity contribution in [3.63, 3.8) is 0 Å². The van der Waals surface area contributed by atoms with Gasteiger partial charge in [-0.2, -0.15) is 0 Å². The monoisotopic (exact) mass is 667 g/mol. The Bertz CT molecular complexity index is 2070. The molecule has 1 amide bonds. The predicted octanol–water partition coefficient (Wildman–Crippen LogP) is 4.63. The number of fused-ring (bicyclic) bond motifs is 8. The highest BCUT2D eigenvalue weighted by Crippen LogP contribution is 2.37. The van der Waals surface area contributed by atoms with E-state index in [1.54, 1.807) is 0 Å². The highest BCUT2D eigenvalue weighted by molar-refractivity contribution is 5.96. The fourth-order valence-electron chi connectivity index (χ4n) is 7.09. The number of aliphatic hydroxyl groups is 4. The Morgan fingerprint density at radius 2 is 1.63 bits per heavy atom. The molecule has 1 saturated heterocycles. The summed E-state index contributed by atoms with van der Waals surface area (Å²) in [5.41, 5.74) is 15.2. The topological polar surface area (TPSA) is 177 Å². The number of amides is 1. The maximum absolute atomic E-state index is 13.2. The molecule has 1 unspecified atom stereocenters. The first-order valence-electron chi connectivity index (χ1n) is 16.7. The van der Waals surface area contributed by atoms with Crippen LogP contribution in [0, 0.1) is 20.8 Å². The van der Waals surface area contributed by atoms with E-state index in [4.69, 9.17) is 14.7 Å². The molecule has 1 fully saturated rings. The van der Waals surface area contributed by atoms with Gasteiger partial charge in [-0.3, -0.25) is 4.79 Å². The van der Waals surface area contributed by atoms with Crippen molar-refractivity contribution in [3.05, 3.63) is 75.4 Å². The van der Waals surface area contributed by atoms with Crippen molar-refractivity contribution in [3.8, 4) is 0 Å². The van der Waals surface area contributed by atoms with Crippen LogP contribution >= 0.6 is 0 Å². The molecule has 0 spiro atoms. The van der Waals surface area contributed by atoms with Crippen LogP contribution < -0.4 is 5.32 Å². The minimum atomic E-state index is -1.59. The molecule has 0 saturated carbocycles. The Hall–Kier alpha value is -4.39. The van der Waals surface area contributed by atoms with Crippen molar-refractivity contribution < 1.29 is 30.0 Å². The lowest BCUT2D eigenvalue weighted by atomic mass is 9.96. The van der Waals surface area contributed by atoms with Gasteiger partial charge >= 0.3 is 0 Å². The largest absolute Gasteiger partial charge is 0.394 e. The molecule has 258 valence electrons. The third kappa shape index (κ3) is 6.17. The third-order valence-electron chi connectivity index (χ3n) is 10.1. The summed E-state index contributed by atoms with van der Waals surface area (Å²) < 4.78 is 5.21. The van der Waals surface area contributed by atoms with Gasteiger partial charge < -0.3 is 40.4 Å². The van der Waals surface area contributed by atoms with Crippen molar-refractivity contribution in [1.82, 2.24) is 25.3 Å². The minimum absolute atomic E-state index is 0.0174. The molecule has 3 aliphatic heterocycles. The number of ether oxygens (including phenoxy) is 1. The van der Waals surface area contributed by atoms with Gasteiger partial charge in [-0.15, -0.1) is 0 Å². The van der Waals surface area contributed by atoms with Gasteiger partial charge in [0.25, 0.3) is 0 Å². The highest BCUT2D eigenvalue weighted by atomic mass is 16.6. The van der Waals surface area contributed by atoms with E-state index in [1.165, 1.54) is 11.1 Å². The van der Waals surface area contributed by atoms with E-state index in [9.17, 15) is 25.2 Å². The lowest BCUT2D eigenvalue weighted by Gasteiger charge is -2.40. The first-order chi connectivity index (χ1) is 23.4. The number of aromatic amines is 2. The summed E-state index contributed by atoms with van der Waals surface area (Å²) in [6.07, 6.45) is -0.620. The summed E-state index contributed by atoms with van der Waals surface area (Å²) in [6, 6.07) is 5.00. The second-order valence-electron chi connectivity index (χ2n) is 13.1. The summed E-state index contributed by atoms with van der Waals surface area (Å²) in [6.45, 7) is 15.9. The molecular weight excluding hydrogens is 622 g/mol. The fourth-order valence-corrected chi connectivity index (χ4v) is 7.09. The number of nitrogens with one attached hydrogen (secondary N) is 3. The van der Waals surface area contributed by atoms with E-state index in [-0.39, 0.29) is 6.42 Å². The van der Waals surface area contributed by atoms with E-state index >= 15 is 0 Å². The zero-order chi connectivity index (χ0) is 35.3. The molecule has 49 heavy (non-hydrogen) atoms. The van der Waals surface area contributed by atoms with Crippen LogP contribution in [0.5, 0.6) is 0 Å². The molecule has 0 aliphatic carbocycles. The SMILES string of the molecule is C=Cc1c(C)c2cc3nc(c(C)c4nc(cc5[nH]c(cc1[nH]2)c(C)c5CC)C(C)=C4)C(CCC(=O)N[C@H]1C(O)O[C@H](CO)[C@@H](O)[C@@H]1O)=C3C. The van der Waals surface area contributed by atoms with Crippen LogP contribution in [0.15, 0.2) is 24.8 Å². The molecule has 3 aromatic heterocycles. The number of allylic oxidation sites excluding steroid dienone is 3. The van der Waals surface area contributed by atoms with E-state index in [0.29, 0.717) is 6.42 Å². The Morgan fingerprint density at radius 3 is 2.33 bits per heavy atom. The molecular formula is C38H45N5O6. The zero-order valence-corrected chi connectivity index (χ0v) is 28.8. The molecule has 3 aliphatic rings. The Balaban J connectivity index is 1.47. The third-order valence-corrected chi connectivity index (χ3v) is 10.1.